The lowest BCUT2D eigenvalue weighted by atomic mass is 9.87. The second kappa shape index (κ2) is 7.06. The summed E-state index contributed by atoms with van der Waals surface area (Å²) in [5.41, 5.74) is 1.74. The molecule has 0 atom stereocenters. The van der Waals surface area contributed by atoms with Crippen molar-refractivity contribution < 1.29 is 0 Å². The van der Waals surface area contributed by atoms with E-state index in [0.29, 0.717) is 5.41 Å². The maximum atomic E-state index is 3.60. The Kier molecular flexibility index (Phi) is 6.36. The van der Waals surface area contributed by atoms with Crippen molar-refractivity contribution in [3.05, 3.63) is 20.3 Å². The molecule has 0 aliphatic carbocycles. The maximum absolute atomic E-state index is 3.60. The van der Waals surface area contributed by atoms with Gasteiger partial charge in [-0.05, 0) is 65.2 Å². The van der Waals surface area contributed by atoms with Gasteiger partial charge in [0.1, 0.15) is 0 Å². The number of hydrogen-bond acceptors (Lipinski definition) is 2. The highest BCUT2D eigenvalue weighted by atomic mass is 79.9. The smallest absolute Gasteiger partial charge is 0.0730 e. The first-order valence-electron chi connectivity index (χ1n) is 6.76. The Balaban J connectivity index is 2.36. The van der Waals surface area contributed by atoms with E-state index >= 15 is 0 Å². The number of nitrogens with one attached hydrogen (secondary N) is 1. The Hall–Kier alpha value is 0.140. The molecule has 1 aromatic rings. The number of thiophene rings is 1. The van der Waals surface area contributed by atoms with Crippen molar-refractivity contribution in [2.75, 3.05) is 13.1 Å². The lowest BCUT2D eigenvalue weighted by Crippen LogP contribution is -2.32. The fourth-order valence-corrected chi connectivity index (χ4v) is 3.52. The van der Waals surface area contributed by atoms with Gasteiger partial charge in [0.2, 0.25) is 0 Å². The van der Waals surface area contributed by atoms with Gasteiger partial charge in [-0.25, -0.2) is 0 Å². The molecule has 0 aliphatic heterocycles. The maximum Gasteiger partial charge on any atom is 0.0730 e. The summed E-state index contributed by atoms with van der Waals surface area (Å²) in [4.78, 5) is 1.50. The van der Waals surface area contributed by atoms with Crippen molar-refractivity contribution in [2.24, 2.45) is 11.3 Å². The van der Waals surface area contributed by atoms with Crippen LogP contribution in [-0.4, -0.2) is 13.1 Å². The van der Waals surface area contributed by atoms with E-state index in [1.54, 1.807) is 0 Å². The van der Waals surface area contributed by atoms with Crippen molar-refractivity contribution in [2.45, 2.75) is 47.5 Å². The van der Waals surface area contributed by atoms with Gasteiger partial charge in [-0.2, -0.15) is 0 Å². The Morgan fingerprint density at radius 1 is 1.39 bits per heavy atom. The normalized spacial score (nSPS) is 12.4. The summed E-state index contributed by atoms with van der Waals surface area (Å²) >= 11 is 5.48. The Morgan fingerprint density at radius 3 is 2.56 bits per heavy atom. The highest BCUT2D eigenvalue weighted by Crippen LogP contribution is 2.30. The van der Waals surface area contributed by atoms with Gasteiger partial charge < -0.3 is 5.32 Å². The van der Waals surface area contributed by atoms with Gasteiger partial charge in [-0.1, -0.05) is 27.7 Å². The minimum atomic E-state index is 0.374. The van der Waals surface area contributed by atoms with Crippen LogP contribution >= 0.6 is 27.3 Å². The van der Waals surface area contributed by atoms with Crippen LogP contribution in [0.15, 0.2) is 9.85 Å². The molecule has 1 aromatic heterocycles. The fourth-order valence-electron chi connectivity index (χ4n) is 1.90. The first kappa shape index (κ1) is 16.2. The zero-order valence-corrected chi connectivity index (χ0v) is 14.7. The van der Waals surface area contributed by atoms with Gasteiger partial charge in [0.05, 0.1) is 3.79 Å². The summed E-state index contributed by atoms with van der Waals surface area (Å²) in [5.74, 6) is 0.733. The summed E-state index contributed by atoms with van der Waals surface area (Å²) in [6.45, 7) is 13.6. The van der Waals surface area contributed by atoms with Crippen LogP contribution in [0, 0.1) is 18.3 Å². The highest BCUT2D eigenvalue weighted by molar-refractivity contribution is 9.11. The van der Waals surface area contributed by atoms with E-state index in [2.05, 4.69) is 61.9 Å². The minimum Gasteiger partial charge on any atom is -0.316 e. The van der Waals surface area contributed by atoms with E-state index < -0.39 is 0 Å². The molecule has 0 amide bonds. The molecule has 0 saturated carbocycles. The molecule has 0 spiro atoms. The number of rotatable bonds is 7. The predicted molar refractivity (Wildman–Crippen MR) is 86.6 cm³/mol. The quantitative estimate of drug-likeness (QED) is 0.739. The number of hydrogen-bond donors (Lipinski definition) is 1. The summed E-state index contributed by atoms with van der Waals surface area (Å²) in [6, 6.07) is 2.31. The van der Waals surface area contributed by atoms with Crippen molar-refractivity contribution in [3.63, 3.8) is 0 Å². The monoisotopic (exact) mass is 331 g/mol. The molecule has 18 heavy (non-hydrogen) atoms. The molecule has 0 fully saturated rings. The number of halogens is 1. The van der Waals surface area contributed by atoms with E-state index in [-0.39, 0.29) is 0 Å². The molecule has 0 unspecified atom stereocenters. The van der Waals surface area contributed by atoms with E-state index in [0.717, 1.165) is 19.0 Å². The molecule has 0 bridgehead atoms. The molecular weight excluding hydrogens is 306 g/mol. The zero-order valence-electron chi connectivity index (χ0n) is 12.3. The Bertz CT molecular complexity index is 349. The third-order valence-corrected chi connectivity index (χ3v) is 5.31. The largest absolute Gasteiger partial charge is 0.316 e. The van der Waals surface area contributed by atoms with Crippen molar-refractivity contribution in [3.8, 4) is 0 Å². The van der Waals surface area contributed by atoms with Gasteiger partial charge in [-0.15, -0.1) is 11.3 Å². The standard InChI is InChI=1S/C15H26BrNS/c1-11(2)9-17-10-15(4,5)7-6-13-8-12(3)14(16)18-13/h8,11,17H,6-7,9-10H2,1-5H3. The topological polar surface area (TPSA) is 12.0 Å². The van der Waals surface area contributed by atoms with Crippen LogP contribution in [0.1, 0.15) is 44.6 Å². The fraction of sp³-hybridized carbons (Fsp3) is 0.733. The van der Waals surface area contributed by atoms with Crippen molar-refractivity contribution >= 4 is 27.3 Å². The summed E-state index contributed by atoms with van der Waals surface area (Å²) in [5, 5.41) is 3.57. The van der Waals surface area contributed by atoms with E-state index in [1.807, 2.05) is 11.3 Å². The van der Waals surface area contributed by atoms with Gasteiger partial charge in [0, 0.05) is 11.4 Å². The summed E-state index contributed by atoms with van der Waals surface area (Å²) in [7, 11) is 0. The number of aryl methyl sites for hydroxylation is 2. The third-order valence-electron chi connectivity index (χ3n) is 3.11. The average molecular weight is 332 g/mol. The highest BCUT2D eigenvalue weighted by Gasteiger charge is 2.18. The first-order valence-corrected chi connectivity index (χ1v) is 8.36. The van der Waals surface area contributed by atoms with Crippen molar-refractivity contribution in [1.82, 2.24) is 5.32 Å². The SMILES string of the molecule is Cc1cc(CCC(C)(C)CNCC(C)C)sc1Br. The molecule has 0 saturated heterocycles. The average Bonchev–Trinajstić information content (AvgIpc) is 2.55. The zero-order chi connectivity index (χ0) is 13.8. The molecular formula is C15H26BrNS. The molecule has 104 valence electrons. The van der Waals surface area contributed by atoms with Crippen molar-refractivity contribution in [1.29, 1.82) is 0 Å². The van der Waals surface area contributed by atoms with E-state index in [9.17, 15) is 0 Å². The lowest BCUT2D eigenvalue weighted by molar-refractivity contribution is 0.309. The van der Waals surface area contributed by atoms with Crippen LogP contribution in [0.25, 0.3) is 0 Å². The third kappa shape index (κ3) is 5.85. The van der Waals surface area contributed by atoms with Gasteiger partial charge in [0.15, 0.2) is 0 Å². The second-order valence-corrected chi connectivity index (χ2v) is 8.81. The van der Waals surface area contributed by atoms with Gasteiger partial charge in [0.25, 0.3) is 0 Å². The molecule has 1 rings (SSSR count). The Labute approximate surface area is 125 Å². The van der Waals surface area contributed by atoms with Crippen LogP contribution in [-0.2, 0) is 6.42 Å². The minimum absolute atomic E-state index is 0.374. The van der Waals surface area contributed by atoms with E-state index in [4.69, 9.17) is 0 Å². The van der Waals surface area contributed by atoms with Gasteiger partial charge in [-0.3, -0.25) is 0 Å². The summed E-state index contributed by atoms with van der Waals surface area (Å²) < 4.78 is 1.29. The van der Waals surface area contributed by atoms with Crippen LogP contribution in [0.4, 0.5) is 0 Å². The van der Waals surface area contributed by atoms with Crippen LogP contribution in [0.2, 0.25) is 0 Å². The Morgan fingerprint density at radius 2 is 2.06 bits per heavy atom. The molecule has 0 radical (unpaired) electrons. The predicted octanol–water partition coefficient (Wildman–Crippen LogP) is 5.02. The molecule has 0 aromatic carbocycles. The molecule has 3 heteroatoms. The molecule has 1 N–H and O–H groups in total. The summed E-state index contributed by atoms with van der Waals surface area (Å²) in [6.07, 6.45) is 2.43. The van der Waals surface area contributed by atoms with Crippen LogP contribution in [0.5, 0.6) is 0 Å². The molecule has 1 heterocycles. The molecule has 0 aliphatic rings. The van der Waals surface area contributed by atoms with Crippen LogP contribution in [0.3, 0.4) is 0 Å². The van der Waals surface area contributed by atoms with E-state index in [1.165, 1.54) is 27.1 Å². The lowest BCUT2D eigenvalue weighted by Gasteiger charge is -2.25. The first-order chi connectivity index (χ1) is 8.30. The second-order valence-electron chi connectivity index (χ2n) is 6.36. The molecule has 1 nitrogen and oxygen atoms in total. The van der Waals surface area contributed by atoms with Gasteiger partial charge >= 0.3 is 0 Å². The van der Waals surface area contributed by atoms with Crippen LogP contribution < -0.4 is 5.32 Å².